The van der Waals surface area contributed by atoms with Gasteiger partial charge in [-0.2, -0.15) is 0 Å². The molecule has 0 unspecified atom stereocenters. The van der Waals surface area contributed by atoms with E-state index in [0.29, 0.717) is 0 Å². The third kappa shape index (κ3) is 3.78. The Kier molecular flexibility index (Phi) is 5.01. The molecule has 1 aromatic rings. The fourth-order valence-corrected chi connectivity index (χ4v) is 1.38. The maximum Gasteiger partial charge on any atom is 0.337 e. The molecule has 7 nitrogen and oxygen atoms in total. The van der Waals surface area contributed by atoms with Gasteiger partial charge in [0.1, 0.15) is 0 Å². The van der Waals surface area contributed by atoms with E-state index in [9.17, 15) is 14.4 Å². The number of esters is 2. The van der Waals surface area contributed by atoms with Crippen molar-refractivity contribution in [1.29, 1.82) is 0 Å². The smallest absolute Gasteiger partial charge is 0.337 e. The quantitative estimate of drug-likeness (QED) is 0.751. The molecule has 1 amide bonds. The molecule has 0 spiro atoms. The van der Waals surface area contributed by atoms with Crippen molar-refractivity contribution in [3.63, 3.8) is 0 Å². The molecule has 3 N–H and O–H groups in total. The minimum absolute atomic E-state index is 0.123. The molecular formula is C12H14N2O5. The van der Waals surface area contributed by atoms with Crippen LogP contribution in [-0.4, -0.2) is 38.6 Å². The molecule has 0 fully saturated rings. The topological polar surface area (TPSA) is 108 Å². The first-order valence-electron chi connectivity index (χ1n) is 5.33. The van der Waals surface area contributed by atoms with Crippen molar-refractivity contribution in [3.8, 4) is 0 Å². The number of hydrogen-bond donors (Lipinski definition) is 2. The van der Waals surface area contributed by atoms with Crippen molar-refractivity contribution in [2.45, 2.75) is 0 Å². The van der Waals surface area contributed by atoms with Gasteiger partial charge in [-0.3, -0.25) is 4.79 Å². The number of anilines is 1. The number of carbonyl (C=O) groups excluding carboxylic acids is 3. The molecule has 0 bridgehead atoms. The Morgan fingerprint density at radius 1 is 1.05 bits per heavy atom. The number of carbonyl (C=O) groups is 3. The van der Waals surface area contributed by atoms with Gasteiger partial charge in [0, 0.05) is 5.69 Å². The van der Waals surface area contributed by atoms with Crippen LogP contribution >= 0.6 is 0 Å². The monoisotopic (exact) mass is 266 g/mol. The van der Waals surface area contributed by atoms with E-state index in [1.807, 2.05) is 0 Å². The lowest BCUT2D eigenvalue weighted by molar-refractivity contribution is -0.114. The molecule has 0 saturated heterocycles. The fourth-order valence-electron chi connectivity index (χ4n) is 1.38. The van der Waals surface area contributed by atoms with E-state index in [1.54, 1.807) is 0 Å². The lowest BCUT2D eigenvalue weighted by atomic mass is 10.1. The van der Waals surface area contributed by atoms with Gasteiger partial charge in [-0.05, 0) is 18.2 Å². The SMILES string of the molecule is COC(=O)c1cc(NC(=O)CN)cc(C(=O)OC)c1. The van der Waals surface area contributed by atoms with Crippen LogP contribution in [0.2, 0.25) is 0 Å². The molecule has 0 heterocycles. The molecule has 0 saturated carbocycles. The second-order valence-corrected chi connectivity index (χ2v) is 3.53. The summed E-state index contributed by atoms with van der Waals surface area (Å²) in [5.41, 5.74) is 5.68. The van der Waals surface area contributed by atoms with E-state index in [0.717, 1.165) is 0 Å². The Labute approximate surface area is 109 Å². The van der Waals surface area contributed by atoms with Gasteiger partial charge in [-0.25, -0.2) is 9.59 Å². The molecule has 0 aliphatic rings. The van der Waals surface area contributed by atoms with Crippen molar-refractivity contribution in [2.24, 2.45) is 5.73 Å². The average Bonchev–Trinajstić information content (AvgIpc) is 2.44. The van der Waals surface area contributed by atoms with Gasteiger partial charge in [-0.15, -0.1) is 0 Å². The van der Waals surface area contributed by atoms with E-state index < -0.39 is 17.8 Å². The summed E-state index contributed by atoms with van der Waals surface area (Å²) in [5, 5.41) is 2.45. The first-order valence-corrected chi connectivity index (χ1v) is 5.33. The molecule has 7 heteroatoms. The highest BCUT2D eigenvalue weighted by Gasteiger charge is 2.14. The molecule has 0 aliphatic heterocycles. The molecule has 19 heavy (non-hydrogen) atoms. The number of amides is 1. The summed E-state index contributed by atoms with van der Waals surface area (Å²) >= 11 is 0. The lowest BCUT2D eigenvalue weighted by Crippen LogP contribution is -2.22. The first-order chi connectivity index (χ1) is 9.01. The van der Waals surface area contributed by atoms with Crippen LogP contribution in [-0.2, 0) is 14.3 Å². The third-order valence-electron chi connectivity index (χ3n) is 2.24. The summed E-state index contributed by atoms with van der Waals surface area (Å²) in [5.74, 6) is -1.71. The molecule has 0 aliphatic carbocycles. The van der Waals surface area contributed by atoms with E-state index in [1.165, 1.54) is 32.4 Å². The maximum absolute atomic E-state index is 11.5. The second-order valence-electron chi connectivity index (χ2n) is 3.53. The molecule has 1 aromatic carbocycles. The molecule has 102 valence electrons. The van der Waals surface area contributed by atoms with Crippen molar-refractivity contribution in [1.82, 2.24) is 0 Å². The maximum atomic E-state index is 11.5. The molecule has 1 rings (SSSR count). The zero-order valence-electron chi connectivity index (χ0n) is 10.6. The highest BCUT2D eigenvalue weighted by Crippen LogP contribution is 2.16. The van der Waals surface area contributed by atoms with Gasteiger partial charge in [-0.1, -0.05) is 0 Å². The van der Waals surface area contributed by atoms with Gasteiger partial charge < -0.3 is 20.5 Å². The van der Waals surface area contributed by atoms with E-state index in [4.69, 9.17) is 5.73 Å². The van der Waals surface area contributed by atoms with E-state index in [2.05, 4.69) is 14.8 Å². The first kappa shape index (κ1) is 14.7. The van der Waals surface area contributed by atoms with Crippen LogP contribution in [0.4, 0.5) is 5.69 Å². The number of nitrogens with two attached hydrogens (primary N) is 1. The number of methoxy groups -OCH3 is 2. The van der Waals surface area contributed by atoms with Gasteiger partial charge in [0.15, 0.2) is 0 Å². The summed E-state index contributed by atoms with van der Waals surface area (Å²) in [6.45, 7) is -0.212. The Balaban J connectivity index is 3.19. The zero-order chi connectivity index (χ0) is 14.4. The predicted molar refractivity (Wildman–Crippen MR) is 66.8 cm³/mol. The zero-order valence-corrected chi connectivity index (χ0v) is 10.6. The van der Waals surface area contributed by atoms with Crippen LogP contribution in [0, 0.1) is 0 Å². The minimum atomic E-state index is -0.631. The molecule has 0 aromatic heterocycles. The molecule has 0 radical (unpaired) electrons. The summed E-state index contributed by atoms with van der Waals surface area (Å²) in [6, 6.07) is 4.08. The summed E-state index contributed by atoms with van der Waals surface area (Å²) in [4.78, 5) is 34.2. The van der Waals surface area contributed by atoms with Gasteiger partial charge in [0.25, 0.3) is 0 Å². The number of rotatable bonds is 4. The van der Waals surface area contributed by atoms with Crippen LogP contribution < -0.4 is 11.1 Å². The van der Waals surface area contributed by atoms with Gasteiger partial charge >= 0.3 is 11.9 Å². The fraction of sp³-hybridized carbons (Fsp3) is 0.250. The van der Waals surface area contributed by atoms with Crippen molar-refractivity contribution >= 4 is 23.5 Å². The highest BCUT2D eigenvalue weighted by atomic mass is 16.5. The van der Waals surface area contributed by atoms with Crippen LogP contribution in [0.25, 0.3) is 0 Å². The molecule has 0 atom stereocenters. The van der Waals surface area contributed by atoms with Crippen LogP contribution in [0.1, 0.15) is 20.7 Å². The van der Waals surface area contributed by atoms with Crippen molar-refractivity contribution in [3.05, 3.63) is 29.3 Å². The summed E-state index contributed by atoms with van der Waals surface area (Å²) < 4.78 is 9.12. The number of hydrogen-bond acceptors (Lipinski definition) is 6. The third-order valence-corrected chi connectivity index (χ3v) is 2.24. The van der Waals surface area contributed by atoms with E-state index >= 15 is 0 Å². The van der Waals surface area contributed by atoms with Crippen LogP contribution in [0.3, 0.4) is 0 Å². The van der Waals surface area contributed by atoms with E-state index in [-0.39, 0.29) is 23.4 Å². The second kappa shape index (κ2) is 6.50. The van der Waals surface area contributed by atoms with Crippen molar-refractivity contribution < 1.29 is 23.9 Å². The highest BCUT2D eigenvalue weighted by molar-refractivity contribution is 5.99. The Bertz CT molecular complexity index is 479. The minimum Gasteiger partial charge on any atom is -0.465 e. The average molecular weight is 266 g/mol. The number of benzene rings is 1. The largest absolute Gasteiger partial charge is 0.465 e. The van der Waals surface area contributed by atoms with Gasteiger partial charge in [0.2, 0.25) is 5.91 Å². The lowest BCUT2D eigenvalue weighted by Gasteiger charge is -2.08. The predicted octanol–water partition coefficient (Wildman–Crippen LogP) is 0.157. The number of nitrogens with one attached hydrogen (secondary N) is 1. The van der Waals surface area contributed by atoms with Crippen LogP contribution in [0.15, 0.2) is 18.2 Å². The Hall–Kier alpha value is -2.41. The Morgan fingerprint density at radius 2 is 1.53 bits per heavy atom. The van der Waals surface area contributed by atoms with Crippen molar-refractivity contribution in [2.75, 3.05) is 26.1 Å². The normalized spacial score (nSPS) is 9.63. The summed E-state index contributed by atoms with van der Waals surface area (Å²) in [7, 11) is 2.43. The number of ether oxygens (including phenoxy) is 2. The molecular weight excluding hydrogens is 252 g/mol. The summed E-state index contributed by atoms with van der Waals surface area (Å²) in [6.07, 6.45) is 0. The Morgan fingerprint density at radius 3 is 1.89 bits per heavy atom. The van der Waals surface area contributed by atoms with Gasteiger partial charge in [0.05, 0.1) is 31.9 Å². The van der Waals surface area contributed by atoms with Crippen LogP contribution in [0.5, 0.6) is 0 Å². The standard InChI is InChI=1S/C12H14N2O5/c1-18-11(16)7-3-8(12(17)19-2)5-9(4-7)14-10(15)6-13/h3-5H,6,13H2,1-2H3,(H,14,15).